The third-order valence-electron chi connectivity index (χ3n) is 4.73. The molecule has 0 fully saturated rings. The number of aliphatic hydroxyl groups excluding tert-OH is 1. The molecule has 1 aromatic carbocycles. The van der Waals surface area contributed by atoms with Crippen LogP contribution in [0.4, 0.5) is 0 Å². The lowest BCUT2D eigenvalue weighted by molar-refractivity contribution is -0.130. The number of carbonyl (C=O) groups excluding carboxylic acids is 1. The summed E-state index contributed by atoms with van der Waals surface area (Å²) in [6.07, 6.45) is 0.961. The molecule has 0 spiro atoms. The minimum atomic E-state index is -0.740. The van der Waals surface area contributed by atoms with Crippen LogP contribution in [0.2, 0.25) is 0 Å². The van der Waals surface area contributed by atoms with Crippen molar-refractivity contribution >= 4 is 5.78 Å². The fourth-order valence-electron chi connectivity index (χ4n) is 3.07. The lowest BCUT2D eigenvalue weighted by Crippen LogP contribution is -2.43. The van der Waals surface area contributed by atoms with E-state index in [1.54, 1.807) is 6.08 Å². The third-order valence-corrected chi connectivity index (χ3v) is 4.73. The van der Waals surface area contributed by atoms with Gasteiger partial charge in [0, 0.05) is 0 Å². The molecule has 0 aliphatic heterocycles. The van der Waals surface area contributed by atoms with Crippen LogP contribution in [0, 0.1) is 17.3 Å². The Morgan fingerprint density at radius 3 is 2.37 bits per heavy atom. The molecule has 0 radical (unpaired) electrons. The summed E-state index contributed by atoms with van der Waals surface area (Å²) >= 11 is 0. The maximum absolute atomic E-state index is 12.3. The van der Waals surface area contributed by atoms with Crippen molar-refractivity contribution in [2.45, 2.75) is 33.8 Å². The summed E-state index contributed by atoms with van der Waals surface area (Å²) in [5.41, 5.74) is 1.67. The van der Waals surface area contributed by atoms with E-state index in [0.717, 1.165) is 11.1 Å². The monoisotopic (exact) mass is 258 g/mol. The number of rotatable bonds is 2. The maximum Gasteiger partial charge on any atom is 0.162 e. The van der Waals surface area contributed by atoms with Gasteiger partial charge in [-0.25, -0.2) is 0 Å². The zero-order valence-corrected chi connectivity index (χ0v) is 12.1. The fraction of sp³-hybridized carbons (Fsp3) is 0.471. The first-order chi connectivity index (χ1) is 8.85. The summed E-state index contributed by atoms with van der Waals surface area (Å²) in [7, 11) is 0. The average molecular weight is 258 g/mol. The van der Waals surface area contributed by atoms with Gasteiger partial charge >= 0.3 is 0 Å². The fourth-order valence-corrected chi connectivity index (χ4v) is 3.07. The smallest absolute Gasteiger partial charge is 0.162 e. The van der Waals surface area contributed by atoms with Crippen molar-refractivity contribution in [1.82, 2.24) is 0 Å². The summed E-state index contributed by atoms with van der Waals surface area (Å²) < 4.78 is 0. The highest BCUT2D eigenvalue weighted by Gasteiger charge is 2.46. The number of benzene rings is 1. The standard InChI is InChI=1S/C17H22O2/c1-11-10-14(18)15(17(3,4)12(11)2)16(19)13-8-6-5-7-9-13/h5-10,12,15-16,19H,1-4H3/t12?,15-,16-/m0/s1. The number of ketones is 1. The van der Waals surface area contributed by atoms with Crippen molar-refractivity contribution in [3.05, 3.63) is 47.5 Å². The Bertz CT molecular complexity index is 499. The van der Waals surface area contributed by atoms with Gasteiger partial charge in [0.2, 0.25) is 0 Å². The second-order valence-electron chi connectivity index (χ2n) is 6.17. The first kappa shape index (κ1) is 14.0. The van der Waals surface area contributed by atoms with Gasteiger partial charge in [0.1, 0.15) is 0 Å². The van der Waals surface area contributed by atoms with Crippen molar-refractivity contribution in [3.8, 4) is 0 Å². The van der Waals surface area contributed by atoms with Crippen molar-refractivity contribution < 1.29 is 9.90 Å². The highest BCUT2D eigenvalue weighted by molar-refractivity contribution is 5.94. The van der Waals surface area contributed by atoms with Gasteiger partial charge in [-0.15, -0.1) is 0 Å². The topological polar surface area (TPSA) is 37.3 Å². The average Bonchev–Trinajstić information content (AvgIpc) is 2.37. The summed E-state index contributed by atoms with van der Waals surface area (Å²) in [6, 6.07) is 9.46. The van der Waals surface area contributed by atoms with E-state index in [1.807, 2.05) is 37.3 Å². The van der Waals surface area contributed by atoms with Gasteiger partial charge in [-0.1, -0.05) is 56.7 Å². The Kier molecular flexibility index (Phi) is 3.64. The Hall–Kier alpha value is -1.41. The Balaban J connectivity index is 2.41. The predicted molar refractivity (Wildman–Crippen MR) is 76.6 cm³/mol. The molecule has 1 aromatic rings. The zero-order valence-electron chi connectivity index (χ0n) is 12.1. The molecule has 0 bridgehead atoms. The van der Waals surface area contributed by atoms with E-state index in [2.05, 4.69) is 20.8 Å². The molecule has 0 saturated heterocycles. The van der Waals surface area contributed by atoms with E-state index in [-0.39, 0.29) is 23.0 Å². The second kappa shape index (κ2) is 4.93. The van der Waals surface area contributed by atoms with Crippen molar-refractivity contribution in [2.75, 3.05) is 0 Å². The molecule has 0 aromatic heterocycles. The molecule has 1 aliphatic rings. The van der Waals surface area contributed by atoms with Gasteiger partial charge in [-0.3, -0.25) is 4.79 Å². The summed E-state index contributed by atoms with van der Waals surface area (Å²) in [4.78, 5) is 12.3. The molecular formula is C17H22O2. The molecule has 102 valence electrons. The van der Waals surface area contributed by atoms with E-state index in [0.29, 0.717) is 0 Å². The molecule has 2 rings (SSSR count). The van der Waals surface area contributed by atoms with Crippen LogP contribution in [-0.4, -0.2) is 10.9 Å². The van der Waals surface area contributed by atoms with Gasteiger partial charge in [-0.2, -0.15) is 0 Å². The van der Waals surface area contributed by atoms with E-state index < -0.39 is 6.10 Å². The van der Waals surface area contributed by atoms with Gasteiger partial charge in [0.25, 0.3) is 0 Å². The Morgan fingerprint density at radius 2 is 1.79 bits per heavy atom. The molecule has 0 amide bonds. The molecule has 2 heteroatoms. The second-order valence-corrected chi connectivity index (χ2v) is 6.17. The summed E-state index contributed by atoms with van der Waals surface area (Å²) in [5.74, 6) is -0.0564. The van der Waals surface area contributed by atoms with E-state index >= 15 is 0 Å². The first-order valence-electron chi connectivity index (χ1n) is 6.80. The predicted octanol–water partition coefficient (Wildman–Crippen LogP) is 3.53. The molecule has 1 N–H and O–H groups in total. The van der Waals surface area contributed by atoms with Gasteiger partial charge < -0.3 is 5.11 Å². The van der Waals surface area contributed by atoms with Gasteiger partial charge in [0.05, 0.1) is 12.0 Å². The summed E-state index contributed by atoms with van der Waals surface area (Å²) in [5, 5.41) is 10.6. The lowest BCUT2D eigenvalue weighted by Gasteiger charge is -2.44. The number of aliphatic hydroxyl groups is 1. The molecular weight excluding hydrogens is 236 g/mol. The van der Waals surface area contributed by atoms with Crippen LogP contribution in [-0.2, 0) is 4.79 Å². The van der Waals surface area contributed by atoms with Crippen LogP contribution >= 0.6 is 0 Å². The van der Waals surface area contributed by atoms with Crippen LogP contribution in [0.5, 0.6) is 0 Å². The third kappa shape index (κ3) is 2.37. The number of carbonyl (C=O) groups is 1. The van der Waals surface area contributed by atoms with Crippen molar-refractivity contribution in [1.29, 1.82) is 0 Å². The molecule has 3 atom stereocenters. The quantitative estimate of drug-likeness (QED) is 0.881. The SMILES string of the molecule is CC1=CC(=O)[C@@H]([C@@H](O)c2ccccc2)C(C)(C)C1C. The number of allylic oxidation sites excluding steroid dienone is 2. The van der Waals surface area contributed by atoms with Crippen LogP contribution in [0.1, 0.15) is 39.4 Å². The van der Waals surface area contributed by atoms with Crippen LogP contribution < -0.4 is 0 Å². The first-order valence-corrected chi connectivity index (χ1v) is 6.80. The summed E-state index contributed by atoms with van der Waals surface area (Å²) in [6.45, 7) is 8.27. The minimum Gasteiger partial charge on any atom is -0.388 e. The normalized spacial score (nSPS) is 27.8. The van der Waals surface area contributed by atoms with E-state index in [9.17, 15) is 9.90 Å². The Labute approximate surface area is 115 Å². The largest absolute Gasteiger partial charge is 0.388 e. The molecule has 2 nitrogen and oxygen atoms in total. The minimum absolute atomic E-state index is 0.0388. The highest BCUT2D eigenvalue weighted by atomic mass is 16.3. The van der Waals surface area contributed by atoms with E-state index in [4.69, 9.17) is 0 Å². The molecule has 0 saturated carbocycles. The number of hydrogen-bond acceptors (Lipinski definition) is 2. The van der Waals surface area contributed by atoms with E-state index in [1.165, 1.54) is 0 Å². The van der Waals surface area contributed by atoms with Crippen molar-refractivity contribution in [3.63, 3.8) is 0 Å². The maximum atomic E-state index is 12.3. The van der Waals surface area contributed by atoms with Crippen LogP contribution in [0.15, 0.2) is 42.0 Å². The highest BCUT2D eigenvalue weighted by Crippen LogP contribution is 2.48. The molecule has 1 unspecified atom stereocenters. The Morgan fingerprint density at radius 1 is 1.21 bits per heavy atom. The molecule has 1 aliphatic carbocycles. The van der Waals surface area contributed by atoms with Gasteiger partial charge in [0.15, 0.2) is 5.78 Å². The zero-order chi connectivity index (χ0) is 14.2. The lowest BCUT2D eigenvalue weighted by atomic mass is 9.60. The van der Waals surface area contributed by atoms with Crippen LogP contribution in [0.25, 0.3) is 0 Å². The molecule has 19 heavy (non-hydrogen) atoms. The van der Waals surface area contributed by atoms with Gasteiger partial charge in [-0.05, 0) is 29.9 Å². The molecule has 0 heterocycles. The van der Waals surface area contributed by atoms with Crippen LogP contribution in [0.3, 0.4) is 0 Å². The number of hydrogen-bond donors (Lipinski definition) is 1. The van der Waals surface area contributed by atoms with Crippen molar-refractivity contribution in [2.24, 2.45) is 17.3 Å².